The summed E-state index contributed by atoms with van der Waals surface area (Å²) in [6.45, 7) is -0.508. The highest BCUT2D eigenvalue weighted by molar-refractivity contribution is 5.31. The fourth-order valence-electron chi connectivity index (χ4n) is 2.34. The second-order valence-corrected chi connectivity index (χ2v) is 4.90. The smallest absolute Gasteiger partial charge is 0.211 e. The Kier molecular flexibility index (Phi) is 6.07. The third kappa shape index (κ3) is 3.80. The molecule has 1 aliphatic heterocycles. The lowest BCUT2D eigenvalue weighted by Gasteiger charge is -2.40. The van der Waals surface area contributed by atoms with Gasteiger partial charge in [0.2, 0.25) is 6.29 Å². The van der Waals surface area contributed by atoms with Crippen LogP contribution < -0.4 is 9.47 Å². The molecule has 1 fully saturated rings. The lowest BCUT2D eigenvalue weighted by molar-refractivity contribution is -0.203. The summed E-state index contributed by atoms with van der Waals surface area (Å²) in [5.74, 6) is 1.00. The molecular weight excluding hydrogens is 320 g/mol. The van der Waals surface area contributed by atoms with Crippen molar-refractivity contribution in [3.05, 3.63) is 45.2 Å². The highest BCUT2D eigenvalue weighted by Crippen LogP contribution is 2.29. The summed E-state index contributed by atoms with van der Waals surface area (Å²) in [6.07, 6.45) is -3.53. The molecule has 2 rings (SSSR count). The molecule has 24 heavy (non-hydrogen) atoms. The molecule has 128 valence electrons. The fourth-order valence-corrected chi connectivity index (χ4v) is 2.34. The van der Waals surface area contributed by atoms with Crippen LogP contribution in [0.2, 0.25) is 0 Å². The fraction of sp³-hybridized carbons (Fsp3) is 0.538. The topological polar surface area (TPSA) is 166 Å². The molecule has 0 amide bonds. The first kappa shape index (κ1) is 17.7. The quantitative estimate of drug-likeness (QED) is 0.455. The summed E-state index contributed by atoms with van der Waals surface area (Å²) >= 11 is 0. The second-order valence-electron chi connectivity index (χ2n) is 4.90. The van der Waals surface area contributed by atoms with Gasteiger partial charge < -0.3 is 24.4 Å². The van der Waals surface area contributed by atoms with Crippen LogP contribution in [0.1, 0.15) is 0 Å². The molecule has 0 radical (unpaired) electrons. The molecule has 1 saturated heterocycles. The number of azide groups is 2. The minimum Gasteiger partial charge on any atom is -0.497 e. The summed E-state index contributed by atoms with van der Waals surface area (Å²) in [7, 11) is 1.52. The zero-order chi connectivity index (χ0) is 17.5. The van der Waals surface area contributed by atoms with Crippen LogP contribution in [0.15, 0.2) is 34.5 Å². The van der Waals surface area contributed by atoms with Crippen LogP contribution in [-0.4, -0.2) is 54.5 Å². The van der Waals surface area contributed by atoms with Crippen molar-refractivity contribution >= 4 is 0 Å². The first-order valence-electron chi connectivity index (χ1n) is 6.98. The predicted molar refractivity (Wildman–Crippen MR) is 81.2 cm³/mol. The van der Waals surface area contributed by atoms with E-state index >= 15 is 0 Å². The van der Waals surface area contributed by atoms with Gasteiger partial charge in [-0.25, -0.2) is 0 Å². The van der Waals surface area contributed by atoms with Crippen molar-refractivity contribution in [3.63, 3.8) is 0 Å². The number of hydrogen-bond acceptors (Lipinski definition) is 7. The van der Waals surface area contributed by atoms with Gasteiger partial charge in [-0.2, -0.15) is 0 Å². The molecule has 5 atom stereocenters. The SMILES string of the molecule is COc1ccc(O[C@H]2O[C@H](CO)[C@@H](N=[N+]=[N-])[C@H](O)[C@H]2N=[N+]=[N-])cc1. The number of rotatable bonds is 6. The van der Waals surface area contributed by atoms with E-state index in [1.54, 1.807) is 24.3 Å². The van der Waals surface area contributed by atoms with Crippen LogP contribution in [0.25, 0.3) is 20.9 Å². The molecule has 0 unspecified atom stereocenters. The third-order valence-electron chi connectivity index (χ3n) is 3.53. The molecule has 0 aliphatic carbocycles. The summed E-state index contributed by atoms with van der Waals surface area (Å²) in [4.78, 5) is 5.28. The van der Waals surface area contributed by atoms with Crippen LogP contribution in [0.3, 0.4) is 0 Å². The van der Waals surface area contributed by atoms with Crippen molar-refractivity contribution in [2.24, 2.45) is 10.2 Å². The molecule has 0 saturated carbocycles. The van der Waals surface area contributed by atoms with Crippen molar-refractivity contribution < 1.29 is 24.4 Å². The summed E-state index contributed by atoms with van der Waals surface area (Å²) in [5, 5.41) is 26.6. The van der Waals surface area contributed by atoms with Crippen LogP contribution in [-0.2, 0) is 4.74 Å². The molecule has 1 aromatic rings. The number of aliphatic hydroxyl groups excluding tert-OH is 2. The number of methoxy groups -OCH3 is 1. The van der Waals surface area contributed by atoms with E-state index in [1.807, 2.05) is 0 Å². The number of aliphatic hydroxyl groups is 2. The van der Waals surface area contributed by atoms with Gasteiger partial charge in [0.1, 0.15) is 17.5 Å². The van der Waals surface area contributed by atoms with E-state index in [9.17, 15) is 10.2 Å². The maximum atomic E-state index is 10.3. The Morgan fingerprint density at radius 3 is 2.25 bits per heavy atom. The Morgan fingerprint density at radius 2 is 1.71 bits per heavy atom. The van der Waals surface area contributed by atoms with Crippen molar-refractivity contribution in [2.45, 2.75) is 30.6 Å². The Hall–Kier alpha value is -2.68. The van der Waals surface area contributed by atoms with Crippen LogP contribution in [0.4, 0.5) is 0 Å². The standard InChI is InChI=1S/C13H16N6O5/c1-22-7-2-4-8(5-3-7)23-13-11(17-19-15)12(21)10(16-18-14)9(6-20)24-13/h2-5,9-13,20-21H,6H2,1H3/t9-,10-,11-,12+,13+/m1/s1. The maximum absolute atomic E-state index is 10.3. The van der Waals surface area contributed by atoms with Gasteiger partial charge in [-0.15, -0.1) is 0 Å². The Labute approximate surface area is 136 Å². The Bertz CT molecular complexity index is 643. The molecule has 1 heterocycles. The first-order valence-corrected chi connectivity index (χ1v) is 6.98. The average molecular weight is 336 g/mol. The number of ether oxygens (including phenoxy) is 3. The minimum absolute atomic E-state index is 0.380. The highest BCUT2D eigenvalue weighted by atomic mass is 16.7. The number of hydrogen-bond donors (Lipinski definition) is 2. The maximum Gasteiger partial charge on any atom is 0.211 e. The van der Waals surface area contributed by atoms with Gasteiger partial charge in [-0.1, -0.05) is 10.2 Å². The van der Waals surface area contributed by atoms with Crippen LogP contribution >= 0.6 is 0 Å². The monoisotopic (exact) mass is 336 g/mol. The molecule has 0 bridgehead atoms. The van der Waals surface area contributed by atoms with Crippen molar-refractivity contribution in [3.8, 4) is 11.5 Å². The summed E-state index contributed by atoms with van der Waals surface area (Å²) in [6, 6.07) is 4.26. The molecular formula is C13H16N6O5. The van der Waals surface area contributed by atoms with Gasteiger partial charge in [0, 0.05) is 9.82 Å². The predicted octanol–water partition coefficient (Wildman–Crippen LogP) is 1.51. The lowest BCUT2D eigenvalue weighted by Crippen LogP contribution is -2.58. The van der Waals surface area contributed by atoms with Crippen LogP contribution in [0.5, 0.6) is 11.5 Å². The van der Waals surface area contributed by atoms with Crippen LogP contribution in [0, 0.1) is 0 Å². The van der Waals surface area contributed by atoms with E-state index in [2.05, 4.69) is 20.1 Å². The summed E-state index contributed by atoms with van der Waals surface area (Å²) < 4.78 is 16.1. The minimum atomic E-state index is -1.37. The van der Waals surface area contributed by atoms with E-state index in [4.69, 9.17) is 25.3 Å². The van der Waals surface area contributed by atoms with E-state index in [1.165, 1.54) is 7.11 Å². The molecule has 11 heteroatoms. The Balaban J connectivity index is 2.24. The average Bonchev–Trinajstić information content (AvgIpc) is 2.61. The number of nitrogens with zero attached hydrogens (tertiary/aromatic N) is 6. The molecule has 0 aromatic heterocycles. The van der Waals surface area contributed by atoms with E-state index in [-0.39, 0.29) is 0 Å². The largest absolute Gasteiger partial charge is 0.497 e. The van der Waals surface area contributed by atoms with E-state index < -0.39 is 37.2 Å². The molecule has 1 aromatic carbocycles. The van der Waals surface area contributed by atoms with Crippen molar-refractivity contribution in [2.75, 3.05) is 13.7 Å². The second kappa shape index (κ2) is 8.25. The third-order valence-corrected chi connectivity index (χ3v) is 3.53. The van der Waals surface area contributed by atoms with Gasteiger partial charge >= 0.3 is 0 Å². The molecule has 11 nitrogen and oxygen atoms in total. The van der Waals surface area contributed by atoms with Gasteiger partial charge in [-0.3, -0.25) is 0 Å². The van der Waals surface area contributed by atoms with E-state index in [0.717, 1.165) is 0 Å². The first-order chi connectivity index (χ1) is 11.6. The zero-order valence-corrected chi connectivity index (χ0v) is 12.7. The van der Waals surface area contributed by atoms with Crippen molar-refractivity contribution in [1.82, 2.24) is 0 Å². The lowest BCUT2D eigenvalue weighted by atomic mass is 9.95. The van der Waals surface area contributed by atoms with Gasteiger partial charge in [-0.05, 0) is 35.3 Å². The zero-order valence-electron chi connectivity index (χ0n) is 12.7. The van der Waals surface area contributed by atoms with Gasteiger partial charge in [0.05, 0.1) is 32.0 Å². The molecule has 0 spiro atoms. The number of benzene rings is 1. The summed E-state index contributed by atoms with van der Waals surface area (Å²) in [5.41, 5.74) is 17.3. The van der Waals surface area contributed by atoms with Gasteiger partial charge in [0.15, 0.2) is 0 Å². The van der Waals surface area contributed by atoms with Gasteiger partial charge in [0.25, 0.3) is 0 Å². The normalized spacial score (nSPS) is 29.0. The molecule has 2 N–H and O–H groups in total. The van der Waals surface area contributed by atoms with Crippen molar-refractivity contribution in [1.29, 1.82) is 0 Å². The Morgan fingerprint density at radius 1 is 1.12 bits per heavy atom. The molecule has 1 aliphatic rings. The highest BCUT2D eigenvalue weighted by Gasteiger charge is 2.45. The van der Waals surface area contributed by atoms with E-state index in [0.29, 0.717) is 11.5 Å².